The molecule has 3 rings (SSSR count). The SMILES string of the molecule is Cc1cnc(CN2CCN(Cc3csc(C)n3)CC2)c(C)c1. The van der Waals surface area contributed by atoms with Gasteiger partial charge in [0.1, 0.15) is 0 Å². The van der Waals surface area contributed by atoms with Crippen LogP contribution in [0, 0.1) is 20.8 Å². The molecule has 0 bridgehead atoms. The van der Waals surface area contributed by atoms with E-state index in [0.29, 0.717) is 0 Å². The molecule has 2 aromatic rings. The topological polar surface area (TPSA) is 32.3 Å². The van der Waals surface area contributed by atoms with Gasteiger partial charge in [0.2, 0.25) is 0 Å². The lowest BCUT2D eigenvalue weighted by atomic mass is 10.1. The fourth-order valence-electron chi connectivity index (χ4n) is 2.94. The average Bonchev–Trinajstić information content (AvgIpc) is 2.89. The van der Waals surface area contributed by atoms with Crippen LogP contribution in [0.1, 0.15) is 27.5 Å². The van der Waals surface area contributed by atoms with Crippen molar-refractivity contribution in [1.82, 2.24) is 19.8 Å². The van der Waals surface area contributed by atoms with Gasteiger partial charge in [-0.15, -0.1) is 11.3 Å². The molecule has 4 nitrogen and oxygen atoms in total. The third-order valence-electron chi connectivity index (χ3n) is 4.21. The number of piperazine rings is 1. The molecule has 2 aromatic heterocycles. The second-order valence-corrected chi connectivity index (χ2v) is 7.25. The fourth-order valence-corrected chi connectivity index (χ4v) is 3.54. The predicted octanol–water partition coefficient (Wildman–Crippen LogP) is 2.78. The molecule has 1 fully saturated rings. The molecule has 0 amide bonds. The van der Waals surface area contributed by atoms with Gasteiger partial charge in [-0.25, -0.2) is 4.98 Å². The molecule has 22 heavy (non-hydrogen) atoms. The molecule has 0 atom stereocenters. The molecule has 0 saturated carbocycles. The van der Waals surface area contributed by atoms with Crippen LogP contribution in [0.2, 0.25) is 0 Å². The van der Waals surface area contributed by atoms with Crippen LogP contribution in [0.3, 0.4) is 0 Å². The molecule has 1 saturated heterocycles. The van der Waals surface area contributed by atoms with Crippen LogP contribution in [0.5, 0.6) is 0 Å². The lowest BCUT2D eigenvalue weighted by Crippen LogP contribution is -2.45. The van der Waals surface area contributed by atoms with Crippen molar-refractivity contribution in [2.24, 2.45) is 0 Å². The molecule has 0 aromatic carbocycles. The maximum absolute atomic E-state index is 4.60. The van der Waals surface area contributed by atoms with Crippen LogP contribution in [0.15, 0.2) is 17.6 Å². The lowest BCUT2D eigenvalue weighted by Gasteiger charge is -2.34. The second-order valence-electron chi connectivity index (χ2n) is 6.19. The standard InChI is InChI=1S/C17H24N4S/c1-13-8-14(2)17(18-9-13)11-21-6-4-20(5-7-21)10-16-12-22-15(3)19-16/h8-9,12H,4-7,10-11H2,1-3H3. The number of hydrogen-bond donors (Lipinski definition) is 0. The summed E-state index contributed by atoms with van der Waals surface area (Å²) >= 11 is 1.74. The van der Waals surface area contributed by atoms with Crippen molar-refractivity contribution >= 4 is 11.3 Å². The summed E-state index contributed by atoms with van der Waals surface area (Å²) in [5.74, 6) is 0. The van der Waals surface area contributed by atoms with Gasteiger partial charge in [0.25, 0.3) is 0 Å². The van der Waals surface area contributed by atoms with E-state index in [4.69, 9.17) is 0 Å². The van der Waals surface area contributed by atoms with Gasteiger partial charge in [-0.3, -0.25) is 14.8 Å². The number of pyridine rings is 1. The molecule has 1 aliphatic heterocycles. The van der Waals surface area contributed by atoms with Gasteiger partial charge in [-0.05, 0) is 31.9 Å². The minimum absolute atomic E-state index is 0.968. The Bertz CT molecular complexity index is 629. The van der Waals surface area contributed by atoms with E-state index in [1.807, 2.05) is 6.20 Å². The second kappa shape index (κ2) is 6.86. The van der Waals surface area contributed by atoms with Crippen LogP contribution in [0.4, 0.5) is 0 Å². The third-order valence-corrected chi connectivity index (χ3v) is 5.04. The molecule has 0 radical (unpaired) electrons. The first-order valence-corrected chi connectivity index (χ1v) is 8.76. The maximum atomic E-state index is 4.60. The van der Waals surface area contributed by atoms with Crippen LogP contribution < -0.4 is 0 Å². The molecule has 0 aliphatic carbocycles. The summed E-state index contributed by atoms with van der Waals surface area (Å²) in [5.41, 5.74) is 4.98. The molecule has 0 spiro atoms. The summed E-state index contributed by atoms with van der Waals surface area (Å²) in [4.78, 5) is 14.2. The van der Waals surface area contributed by atoms with Gasteiger partial charge < -0.3 is 0 Å². The number of hydrogen-bond acceptors (Lipinski definition) is 5. The summed E-state index contributed by atoms with van der Waals surface area (Å²) in [7, 11) is 0. The molecule has 1 aliphatic rings. The van der Waals surface area contributed by atoms with Crippen molar-refractivity contribution in [2.45, 2.75) is 33.9 Å². The summed E-state index contributed by atoms with van der Waals surface area (Å²) in [5, 5.41) is 3.34. The number of aromatic nitrogens is 2. The quantitative estimate of drug-likeness (QED) is 0.868. The number of aryl methyl sites for hydroxylation is 3. The summed E-state index contributed by atoms with van der Waals surface area (Å²) in [6.07, 6.45) is 1.98. The smallest absolute Gasteiger partial charge is 0.0897 e. The molecular formula is C17H24N4S. The maximum Gasteiger partial charge on any atom is 0.0897 e. The Hall–Kier alpha value is -1.30. The lowest BCUT2D eigenvalue weighted by molar-refractivity contribution is 0.120. The van der Waals surface area contributed by atoms with E-state index in [0.717, 1.165) is 44.3 Å². The first kappa shape index (κ1) is 15.6. The first-order chi connectivity index (χ1) is 10.6. The monoisotopic (exact) mass is 316 g/mol. The number of thiazole rings is 1. The van der Waals surface area contributed by atoms with Crippen molar-refractivity contribution in [2.75, 3.05) is 26.2 Å². The van der Waals surface area contributed by atoms with Crippen molar-refractivity contribution < 1.29 is 0 Å². The van der Waals surface area contributed by atoms with E-state index >= 15 is 0 Å². The largest absolute Gasteiger partial charge is 0.295 e. The van der Waals surface area contributed by atoms with E-state index in [9.17, 15) is 0 Å². The Morgan fingerprint density at radius 2 is 1.73 bits per heavy atom. The zero-order valence-electron chi connectivity index (χ0n) is 13.7. The Morgan fingerprint density at radius 1 is 1.05 bits per heavy atom. The van der Waals surface area contributed by atoms with Gasteiger partial charge in [0, 0.05) is 50.8 Å². The van der Waals surface area contributed by atoms with E-state index < -0.39 is 0 Å². The zero-order valence-corrected chi connectivity index (χ0v) is 14.5. The molecule has 5 heteroatoms. The third kappa shape index (κ3) is 3.91. The van der Waals surface area contributed by atoms with Crippen molar-refractivity contribution in [3.05, 3.63) is 45.2 Å². The van der Waals surface area contributed by atoms with Gasteiger partial charge in [0.15, 0.2) is 0 Å². The molecule has 3 heterocycles. The fraction of sp³-hybridized carbons (Fsp3) is 0.529. The summed E-state index contributed by atoms with van der Waals surface area (Å²) < 4.78 is 0. The highest BCUT2D eigenvalue weighted by molar-refractivity contribution is 7.09. The summed E-state index contributed by atoms with van der Waals surface area (Å²) in [6.45, 7) is 12.7. The van der Waals surface area contributed by atoms with E-state index in [1.165, 1.54) is 22.5 Å². The van der Waals surface area contributed by atoms with E-state index in [1.54, 1.807) is 11.3 Å². The van der Waals surface area contributed by atoms with Crippen LogP contribution >= 0.6 is 11.3 Å². The number of nitrogens with zero attached hydrogens (tertiary/aromatic N) is 4. The van der Waals surface area contributed by atoms with Gasteiger partial charge in [-0.1, -0.05) is 6.07 Å². The van der Waals surface area contributed by atoms with Crippen molar-refractivity contribution in [3.8, 4) is 0 Å². The highest BCUT2D eigenvalue weighted by Gasteiger charge is 2.18. The Balaban J connectivity index is 1.51. The highest BCUT2D eigenvalue weighted by Crippen LogP contribution is 2.14. The van der Waals surface area contributed by atoms with Crippen molar-refractivity contribution in [3.63, 3.8) is 0 Å². The zero-order chi connectivity index (χ0) is 15.5. The van der Waals surface area contributed by atoms with Crippen LogP contribution in [0.25, 0.3) is 0 Å². The Kier molecular flexibility index (Phi) is 4.86. The summed E-state index contributed by atoms with van der Waals surface area (Å²) in [6, 6.07) is 2.23. The highest BCUT2D eigenvalue weighted by atomic mass is 32.1. The molecule has 0 N–H and O–H groups in total. The van der Waals surface area contributed by atoms with Crippen molar-refractivity contribution in [1.29, 1.82) is 0 Å². The predicted molar refractivity (Wildman–Crippen MR) is 91.1 cm³/mol. The first-order valence-electron chi connectivity index (χ1n) is 7.88. The Labute approximate surface area is 136 Å². The van der Waals surface area contributed by atoms with Gasteiger partial charge >= 0.3 is 0 Å². The van der Waals surface area contributed by atoms with Gasteiger partial charge in [0.05, 0.1) is 16.4 Å². The van der Waals surface area contributed by atoms with Gasteiger partial charge in [-0.2, -0.15) is 0 Å². The molecule has 0 unspecified atom stereocenters. The normalized spacial score (nSPS) is 17.0. The minimum Gasteiger partial charge on any atom is -0.295 e. The Morgan fingerprint density at radius 3 is 2.32 bits per heavy atom. The van der Waals surface area contributed by atoms with Crippen LogP contribution in [-0.4, -0.2) is 45.9 Å². The van der Waals surface area contributed by atoms with Crippen LogP contribution in [-0.2, 0) is 13.1 Å². The average molecular weight is 316 g/mol. The van der Waals surface area contributed by atoms with E-state index in [2.05, 4.69) is 52.0 Å². The molecule has 118 valence electrons. The number of rotatable bonds is 4. The minimum atomic E-state index is 0.968. The van der Waals surface area contributed by atoms with E-state index in [-0.39, 0.29) is 0 Å². The molecular weight excluding hydrogens is 292 g/mol.